The number of carboxylic acid groups (broad SMARTS) is 1. The third kappa shape index (κ3) is 2.42. The number of hydrogen-bond donors (Lipinski definition) is 3. The third-order valence-corrected chi connectivity index (χ3v) is 2.77. The fraction of sp³-hybridized carbons (Fsp3) is 0.778. The maximum absolute atomic E-state index is 11.7. The summed E-state index contributed by atoms with van der Waals surface area (Å²) in [5, 5.41) is 27.3. The molecule has 0 spiro atoms. The number of likely N-dealkylation sites (N-methyl/N-ethyl adjacent to an activating group) is 1. The lowest BCUT2D eigenvalue weighted by atomic mass is 10.3. The van der Waals surface area contributed by atoms with Crippen molar-refractivity contribution in [1.82, 2.24) is 9.80 Å². The largest absolute Gasteiger partial charge is 0.480 e. The highest BCUT2D eigenvalue weighted by atomic mass is 16.4. The number of hydrogen-bond acceptors (Lipinski definition) is 4. The molecule has 1 aliphatic heterocycles. The smallest absolute Gasteiger partial charge is 0.326 e. The molecule has 1 heterocycles. The molecule has 0 aromatic rings. The minimum atomic E-state index is -1.10. The Morgan fingerprint density at radius 1 is 1.31 bits per heavy atom. The van der Waals surface area contributed by atoms with Crippen molar-refractivity contribution in [3.63, 3.8) is 0 Å². The first kappa shape index (κ1) is 12.7. The molecule has 0 aliphatic carbocycles. The number of nitrogens with zero attached hydrogens (tertiary/aromatic N) is 2. The van der Waals surface area contributed by atoms with Crippen molar-refractivity contribution >= 4 is 12.0 Å². The van der Waals surface area contributed by atoms with Gasteiger partial charge in [-0.25, -0.2) is 9.59 Å². The molecule has 92 valence electrons. The van der Waals surface area contributed by atoms with Crippen LogP contribution in [0.25, 0.3) is 0 Å². The number of aliphatic hydroxyl groups excluding tert-OH is 2. The summed E-state index contributed by atoms with van der Waals surface area (Å²) in [6, 6.07) is -1.45. The van der Waals surface area contributed by atoms with Crippen molar-refractivity contribution in [3.8, 4) is 0 Å². The fourth-order valence-electron chi connectivity index (χ4n) is 1.48. The monoisotopic (exact) mass is 232 g/mol. The second-order valence-electron chi connectivity index (χ2n) is 3.95. The van der Waals surface area contributed by atoms with Crippen LogP contribution in [-0.2, 0) is 4.79 Å². The molecule has 2 amide bonds. The number of urea groups is 1. The number of rotatable bonds is 2. The van der Waals surface area contributed by atoms with E-state index in [9.17, 15) is 19.8 Å². The molecule has 0 aromatic carbocycles. The molecular weight excluding hydrogens is 216 g/mol. The van der Waals surface area contributed by atoms with Gasteiger partial charge in [0, 0.05) is 7.05 Å². The first-order chi connectivity index (χ1) is 7.34. The molecule has 7 nitrogen and oxygen atoms in total. The van der Waals surface area contributed by atoms with Gasteiger partial charge >= 0.3 is 12.0 Å². The Kier molecular flexibility index (Phi) is 3.71. The van der Waals surface area contributed by atoms with Gasteiger partial charge in [-0.3, -0.25) is 0 Å². The zero-order valence-corrected chi connectivity index (χ0v) is 9.20. The zero-order valence-electron chi connectivity index (χ0n) is 9.20. The predicted octanol–water partition coefficient (Wildman–Crippen LogP) is -1.45. The van der Waals surface area contributed by atoms with Gasteiger partial charge in [0.25, 0.3) is 0 Å². The van der Waals surface area contributed by atoms with E-state index in [4.69, 9.17) is 5.11 Å². The Balaban J connectivity index is 2.62. The van der Waals surface area contributed by atoms with Crippen LogP contribution in [0.1, 0.15) is 6.92 Å². The van der Waals surface area contributed by atoms with Crippen molar-refractivity contribution < 1.29 is 24.9 Å². The topological polar surface area (TPSA) is 101 Å². The van der Waals surface area contributed by atoms with Crippen LogP contribution >= 0.6 is 0 Å². The van der Waals surface area contributed by atoms with Crippen molar-refractivity contribution in [2.24, 2.45) is 0 Å². The number of carboxylic acids is 1. The van der Waals surface area contributed by atoms with E-state index in [1.165, 1.54) is 18.9 Å². The van der Waals surface area contributed by atoms with E-state index in [0.717, 1.165) is 4.90 Å². The minimum absolute atomic E-state index is 0.0245. The lowest BCUT2D eigenvalue weighted by molar-refractivity contribution is -0.141. The predicted molar refractivity (Wildman–Crippen MR) is 53.8 cm³/mol. The number of likely N-dealkylation sites (tertiary alicyclic amines) is 1. The van der Waals surface area contributed by atoms with Crippen LogP contribution in [0.5, 0.6) is 0 Å². The van der Waals surface area contributed by atoms with Crippen LogP contribution < -0.4 is 0 Å². The quantitative estimate of drug-likeness (QED) is 0.540. The number of amides is 2. The molecular formula is C9H16N2O5. The van der Waals surface area contributed by atoms with Gasteiger partial charge < -0.3 is 25.1 Å². The van der Waals surface area contributed by atoms with Crippen molar-refractivity contribution in [2.45, 2.75) is 25.2 Å². The van der Waals surface area contributed by atoms with Crippen LogP contribution in [0.15, 0.2) is 0 Å². The number of β-amino-alcohol motifs (C(OH)–C–C–N with tert-alkyl or cyclic N) is 2. The number of carbonyl (C=O) groups excluding carboxylic acids is 1. The van der Waals surface area contributed by atoms with E-state index in [1.807, 2.05) is 0 Å². The van der Waals surface area contributed by atoms with Gasteiger partial charge in [-0.2, -0.15) is 0 Å². The molecule has 7 heteroatoms. The highest BCUT2D eigenvalue weighted by Gasteiger charge is 2.35. The van der Waals surface area contributed by atoms with Crippen LogP contribution in [0.2, 0.25) is 0 Å². The van der Waals surface area contributed by atoms with Gasteiger partial charge in [-0.05, 0) is 6.92 Å². The molecule has 0 bridgehead atoms. The number of aliphatic hydroxyl groups is 2. The summed E-state index contributed by atoms with van der Waals surface area (Å²) in [5.41, 5.74) is 0. The van der Waals surface area contributed by atoms with Crippen LogP contribution in [0.4, 0.5) is 4.79 Å². The number of aliphatic carboxylic acids is 1. The summed E-state index contributed by atoms with van der Waals surface area (Å²) in [6.07, 6.45) is -1.92. The van der Waals surface area contributed by atoms with Crippen molar-refractivity contribution in [2.75, 3.05) is 20.1 Å². The molecule has 1 aliphatic rings. The molecule has 3 N–H and O–H groups in total. The zero-order chi connectivity index (χ0) is 12.5. The van der Waals surface area contributed by atoms with Crippen LogP contribution in [0.3, 0.4) is 0 Å². The molecule has 0 saturated carbocycles. The average Bonchev–Trinajstić information content (AvgIpc) is 2.55. The number of carbonyl (C=O) groups is 2. The SMILES string of the molecule is CC(C(=O)O)N(C)C(=O)N1CC(O)C(O)C1. The minimum Gasteiger partial charge on any atom is -0.480 e. The second-order valence-corrected chi connectivity index (χ2v) is 3.95. The second kappa shape index (κ2) is 4.67. The van der Waals surface area contributed by atoms with E-state index in [-0.39, 0.29) is 13.1 Å². The molecule has 1 fully saturated rings. The third-order valence-electron chi connectivity index (χ3n) is 2.77. The Morgan fingerprint density at radius 3 is 2.12 bits per heavy atom. The molecule has 3 atom stereocenters. The molecule has 3 unspecified atom stereocenters. The van der Waals surface area contributed by atoms with Crippen LogP contribution in [-0.4, -0.2) is 75.5 Å². The summed E-state index contributed by atoms with van der Waals surface area (Å²) in [5.74, 6) is -1.10. The van der Waals surface area contributed by atoms with Crippen molar-refractivity contribution in [1.29, 1.82) is 0 Å². The Hall–Kier alpha value is -1.34. The standard InChI is InChI=1S/C9H16N2O5/c1-5(8(14)15)10(2)9(16)11-3-6(12)7(13)4-11/h5-7,12-13H,3-4H2,1-2H3,(H,14,15). The first-order valence-electron chi connectivity index (χ1n) is 4.95. The van der Waals surface area contributed by atoms with Gasteiger partial charge in [-0.15, -0.1) is 0 Å². The maximum atomic E-state index is 11.7. The summed E-state index contributed by atoms with van der Waals surface area (Å²) < 4.78 is 0. The van der Waals surface area contributed by atoms with E-state index < -0.39 is 30.3 Å². The Labute approximate surface area is 92.9 Å². The highest BCUT2D eigenvalue weighted by molar-refractivity contribution is 5.82. The fourth-order valence-corrected chi connectivity index (χ4v) is 1.48. The summed E-state index contributed by atoms with van der Waals surface area (Å²) >= 11 is 0. The lowest BCUT2D eigenvalue weighted by Gasteiger charge is -2.27. The first-order valence-corrected chi connectivity index (χ1v) is 4.95. The normalized spacial score (nSPS) is 26.6. The molecule has 1 rings (SSSR count). The molecule has 16 heavy (non-hydrogen) atoms. The van der Waals surface area contributed by atoms with Gasteiger partial charge in [0.15, 0.2) is 0 Å². The summed E-state index contributed by atoms with van der Waals surface area (Å²) in [6.45, 7) is 1.44. The average molecular weight is 232 g/mol. The summed E-state index contributed by atoms with van der Waals surface area (Å²) in [7, 11) is 1.37. The van der Waals surface area contributed by atoms with Gasteiger partial charge in [0.1, 0.15) is 6.04 Å². The Morgan fingerprint density at radius 2 is 1.75 bits per heavy atom. The van der Waals surface area contributed by atoms with Gasteiger partial charge in [0.2, 0.25) is 0 Å². The van der Waals surface area contributed by atoms with Crippen molar-refractivity contribution in [3.05, 3.63) is 0 Å². The maximum Gasteiger partial charge on any atom is 0.326 e. The van der Waals surface area contributed by atoms with E-state index in [1.54, 1.807) is 0 Å². The van der Waals surface area contributed by atoms with Gasteiger partial charge in [0.05, 0.1) is 25.3 Å². The summed E-state index contributed by atoms with van der Waals surface area (Å²) in [4.78, 5) is 24.7. The van der Waals surface area contributed by atoms with Crippen LogP contribution in [0, 0.1) is 0 Å². The molecule has 0 aromatic heterocycles. The lowest BCUT2D eigenvalue weighted by Crippen LogP contribution is -2.47. The van der Waals surface area contributed by atoms with Gasteiger partial charge in [-0.1, -0.05) is 0 Å². The molecule has 0 radical (unpaired) electrons. The highest BCUT2D eigenvalue weighted by Crippen LogP contribution is 2.13. The van der Waals surface area contributed by atoms with E-state index >= 15 is 0 Å². The van der Waals surface area contributed by atoms with E-state index in [2.05, 4.69) is 0 Å². The molecule has 1 saturated heterocycles. The van der Waals surface area contributed by atoms with E-state index in [0.29, 0.717) is 0 Å². The Bertz CT molecular complexity index is 286.